The maximum atomic E-state index is 2.43. The molecule has 0 aromatic rings. The molecule has 0 aromatic carbocycles. The second-order valence-electron chi connectivity index (χ2n) is 3.18. The quantitative estimate of drug-likeness (QED) is 0.258. The predicted molar refractivity (Wildman–Crippen MR) is 70.5 cm³/mol. The Morgan fingerprint density at radius 1 is 0.923 bits per heavy atom. The summed E-state index contributed by atoms with van der Waals surface area (Å²) in [7, 11) is 0. The van der Waals surface area contributed by atoms with Gasteiger partial charge in [-0.2, -0.15) is 0 Å². The van der Waals surface area contributed by atoms with Crippen LogP contribution < -0.4 is 0 Å². The van der Waals surface area contributed by atoms with E-state index in [0.717, 1.165) is 0 Å². The SMILES string of the molecule is CCCC/C=C/C=C\CCCCI. The van der Waals surface area contributed by atoms with Crippen LogP contribution in [0, 0.1) is 0 Å². The second-order valence-corrected chi connectivity index (χ2v) is 4.26. The summed E-state index contributed by atoms with van der Waals surface area (Å²) < 4.78 is 1.29. The van der Waals surface area contributed by atoms with Gasteiger partial charge in [0.05, 0.1) is 0 Å². The molecule has 0 heterocycles. The molecular weight excluding hydrogens is 271 g/mol. The largest absolute Gasteiger partial charge is 0.0864 e. The molecular formula is C12H21I. The Bertz CT molecular complexity index is 136. The molecule has 0 fully saturated rings. The van der Waals surface area contributed by atoms with Gasteiger partial charge in [-0.25, -0.2) is 0 Å². The molecule has 0 aliphatic heterocycles. The predicted octanol–water partition coefficient (Wildman–Crippen LogP) is 4.89. The number of unbranched alkanes of at least 4 members (excludes halogenated alkanes) is 4. The molecule has 0 amide bonds. The first-order valence-electron chi connectivity index (χ1n) is 5.29. The van der Waals surface area contributed by atoms with Crippen molar-refractivity contribution in [1.82, 2.24) is 0 Å². The summed E-state index contributed by atoms with van der Waals surface area (Å²) >= 11 is 2.43. The third-order valence-corrected chi connectivity index (χ3v) is 2.62. The minimum Gasteiger partial charge on any atom is -0.0864 e. The molecule has 0 spiro atoms. The normalized spacial score (nSPS) is 11.8. The van der Waals surface area contributed by atoms with E-state index in [0.29, 0.717) is 0 Å². The number of hydrogen-bond donors (Lipinski definition) is 0. The molecule has 76 valence electrons. The Kier molecular flexibility index (Phi) is 12.4. The molecule has 0 aromatic heterocycles. The van der Waals surface area contributed by atoms with Crippen LogP contribution in [0.1, 0.15) is 45.4 Å². The van der Waals surface area contributed by atoms with Gasteiger partial charge in [0.2, 0.25) is 0 Å². The maximum Gasteiger partial charge on any atom is -0.000462 e. The van der Waals surface area contributed by atoms with Gasteiger partial charge in [-0.3, -0.25) is 0 Å². The minimum atomic E-state index is 1.23. The maximum absolute atomic E-state index is 2.43. The highest BCUT2D eigenvalue weighted by Crippen LogP contribution is 2.00. The van der Waals surface area contributed by atoms with E-state index in [2.05, 4.69) is 53.8 Å². The van der Waals surface area contributed by atoms with Crippen molar-refractivity contribution in [3.8, 4) is 0 Å². The van der Waals surface area contributed by atoms with E-state index in [4.69, 9.17) is 0 Å². The van der Waals surface area contributed by atoms with Crippen LogP contribution in [0.4, 0.5) is 0 Å². The fourth-order valence-electron chi connectivity index (χ4n) is 1.03. The number of hydrogen-bond acceptors (Lipinski definition) is 0. The lowest BCUT2D eigenvalue weighted by Crippen LogP contribution is -1.72. The highest BCUT2D eigenvalue weighted by atomic mass is 127. The van der Waals surface area contributed by atoms with Gasteiger partial charge in [0.1, 0.15) is 0 Å². The number of halogens is 1. The van der Waals surface area contributed by atoms with Gasteiger partial charge in [0.15, 0.2) is 0 Å². The van der Waals surface area contributed by atoms with Gasteiger partial charge in [-0.05, 0) is 30.1 Å². The number of rotatable bonds is 8. The summed E-state index contributed by atoms with van der Waals surface area (Å²) in [4.78, 5) is 0. The molecule has 1 heteroatoms. The van der Waals surface area contributed by atoms with Gasteiger partial charge >= 0.3 is 0 Å². The van der Waals surface area contributed by atoms with Gasteiger partial charge in [-0.15, -0.1) is 0 Å². The van der Waals surface area contributed by atoms with Crippen LogP contribution in [0.15, 0.2) is 24.3 Å². The first kappa shape index (κ1) is 13.2. The topological polar surface area (TPSA) is 0 Å². The van der Waals surface area contributed by atoms with Crippen LogP contribution in [0.25, 0.3) is 0 Å². The zero-order valence-electron chi connectivity index (χ0n) is 8.64. The van der Waals surface area contributed by atoms with E-state index in [9.17, 15) is 0 Å². The molecule has 0 atom stereocenters. The van der Waals surface area contributed by atoms with Crippen molar-refractivity contribution in [1.29, 1.82) is 0 Å². The second kappa shape index (κ2) is 12.2. The molecule has 0 radical (unpaired) electrons. The van der Waals surface area contributed by atoms with E-state index in [1.165, 1.54) is 43.0 Å². The van der Waals surface area contributed by atoms with Crippen molar-refractivity contribution >= 4 is 22.6 Å². The van der Waals surface area contributed by atoms with Gasteiger partial charge in [0, 0.05) is 0 Å². The summed E-state index contributed by atoms with van der Waals surface area (Å²) in [5.41, 5.74) is 0. The van der Waals surface area contributed by atoms with Crippen molar-refractivity contribution in [3.63, 3.8) is 0 Å². The molecule has 0 saturated heterocycles. The van der Waals surface area contributed by atoms with Crippen LogP contribution in [0.3, 0.4) is 0 Å². The molecule has 0 bridgehead atoms. The van der Waals surface area contributed by atoms with E-state index in [1.54, 1.807) is 0 Å². The summed E-state index contributed by atoms with van der Waals surface area (Å²) in [6, 6.07) is 0. The summed E-state index contributed by atoms with van der Waals surface area (Å²) in [5.74, 6) is 0. The summed E-state index contributed by atoms with van der Waals surface area (Å²) in [6.45, 7) is 2.23. The minimum absolute atomic E-state index is 1.23. The highest BCUT2D eigenvalue weighted by molar-refractivity contribution is 14.1. The molecule has 0 rings (SSSR count). The molecule has 0 nitrogen and oxygen atoms in total. The average molecular weight is 292 g/mol. The molecule has 0 unspecified atom stereocenters. The molecule has 0 saturated carbocycles. The Balaban J connectivity index is 3.15. The first-order chi connectivity index (χ1) is 6.41. The molecule has 0 aliphatic rings. The molecule has 0 N–H and O–H groups in total. The Hall–Kier alpha value is 0.210. The number of allylic oxidation sites excluding steroid dienone is 4. The summed E-state index contributed by atoms with van der Waals surface area (Å²) in [6.07, 6.45) is 16.7. The van der Waals surface area contributed by atoms with Crippen LogP contribution in [0.5, 0.6) is 0 Å². The summed E-state index contributed by atoms with van der Waals surface area (Å²) in [5, 5.41) is 0. The lowest BCUT2D eigenvalue weighted by atomic mass is 10.2. The Labute approximate surface area is 96.6 Å². The fourth-order valence-corrected chi connectivity index (χ4v) is 1.57. The standard InChI is InChI=1S/C12H21I/c1-2-3-4-5-6-7-8-9-10-11-12-13/h5-8H,2-4,9-12H2,1H3/b6-5+,8-7-. The van der Waals surface area contributed by atoms with Gasteiger partial charge < -0.3 is 0 Å². The van der Waals surface area contributed by atoms with E-state index < -0.39 is 0 Å². The average Bonchev–Trinajstić information content (AvgIpc) is 2.16. The van der Waals surface area contributed by atoms with Gasteiger partial charge in [0.25, 0.3) is 0 Å². The third kappa shape index (κ3) is 12.2. The molecule has 0 aliphatic carbocycles. The van der Waals surface area contributed by atoms with Crippen LogP contribution >= 0.6 is 22.6 Å². The smallest absolute Gasteiger partial charge is 0.000462 e. The van der Waals surface area contributed by atoms with Crippen molar-refractivity contribution in [3.05, 3.63) is 24.3 Å². The zero-order valence-corrected chi connectivity index (χ0v) is 10.8. The van der Waals surface area contributed by atoms with E-state index in [1.807, 2.05) is 0 Å². The lowest BCUT2D eigenvalue weighted by Gasteiger charge is -1.89. The highest BCUT2D eigenvalue weighted by Gasteiger charge is 1.80. The van der Waals surface area contributed by atoms with Crippen LogP contribution in [0.2, 0.25) is 0 Å². The monoisotopic (exact) mass is 292 g/mol. The van der Waals surface area contributed by atoms with E-state index in [-0.39, 0.29) is 0 Å². The lowest BCUT2D eigenvalue weighted by molar-refractivity contribution is 0.814. The van der Waals surface area contributed by atoms with Crippen molar-refractivity contribution in [2.45, 2.75) is 45.4 Å². The Morgan fingerprint density at radius 2 is 1.54 bits per heavy atom. The van der Waals surface area contributed by atoms with Crippen molar-refractivity contribution in [2.75, 3.05) is 4.43 Å². The van der Waals surface area contributed by atoms with Crippen molar-refractivity contribution < 1.29 is 0 Å². The molecule has 13 heavy (non-hydrogen) atoms. The van der Waals surface area contributed by atoms with Crippen LogP contribution in [-0.4, -0.2) is 4.43 Å². The zero-order chi connectivity index (χ0) is 9.78. The van der Waals surface area contributed by atoms with Crippen LogP contribution in [-0.2, 0) is 0 Å². The number of alkyl halides is 1. The third-order valence-electron chi connectivity index (χ3n) is 1.86. The fraction of sp³-hybridized carbons (Fsp3) is 0.667. The Morgan fingerprint density at radius 3 is 2.08 bits per heavy atom. The van der Waals surface area contributed by atoms with E-state index >= 15 is 0 Å². The first-order valence-corrected chi connectivity index (χ1v) is 6.82. The van der Waals surface area contributed by atoms with Gasteiger partial charge in [-0.1, -0.05) is 66.7 Å². The van der Waals surface area contributed by atoms with Crippen molar-refractivity contribution in [2.24, 2.45) is 0 Å².